The summed E-state index contributed by atoms with van der Waals surface area (Å²) < 4.78 is 6.06. The van der Waals surface area contributed by atoms with Gasteiger partial charge in [0.05, 0.1) is 17.8 Å². The predicted molar refractivity (Wildman–Crippen MR) is 127 cm³/mol. The lowest BCUT2D eigenvalue weighted by Gasteiger charge is -2.44. The number of rotatable bonds is 7. The maximum absolute atomic E-state index is 10.3. The largest absolute Gasteiger partial charge is 0.390 e. The number of aliphatic hydroxyl groups excluding tert-OH is 1. The second-order valence-electron chi connectivity index (χ2n) is 12.0. The molecule has 0 unspecified atom stereocenters. The zero-order chi connectivity index (χ0) is 22.6. The Morgan fingerprint density at radius 3 is 2.68 bits per heavy atom. The molecule has 4 aliphatic rings. The average molecular weight is 429 g/mol. The molecule has 0 amide bonds. The molecule has 0 saturated heterocycles. The summed E-state index contributed by atoms with van der Waals surface area (Å²) in [7, 11) is 1.83. The first-order chi connectivity index (χ1) is 14.5. The molecule has 4 aliphatic carbocycles. The number of hydrogen-bond acceptors (Lipinski definition) is 3. The van der Waals surface area contributed by atoms with E-state index in [0.29, 0.717) is 35.5 Å². The fraction of sp³-hybridized carbons (Fsp3) is 0.786. The normalized spacial score (nSPS) is 43.3. The zero-order valence-electron chi connectivity index (χ0n) is 20.4. The first-order valence-corrected chi connectivity index (χ1v) is 12.5. The summed E-state index contributed by atoms with van der Waals surface area (Å²) in [6, 6.07) is 0. The van der Waals surface area contributed by atoms with E-state index in [1.165, 1.54) is 32.1 Å². The van der Waals surface area contributed by atoms with Gasteiger partial charge < -0.3 is 14.9 Å². The monoisotopic (exact) mass is 428 g/mol. The Balaban J connectivity index is 1.52. The highest BCUT2D eigenvalue weighted by Crippen LogP contribution is 2.69. The lowest BCUT2D eigenvalue weighted by Crippen LogP contribution is -2.36. The van der Waals surface area contributed by atoms with Crippen LogP contribution in [-0.4, -0.2) is 35.1 Å². The number of hydrogen-bond donors (Lipinski definition) is 2. The molecule has 0 bridgehead atoms. The highest BCUT2D eigenvalue weighted by Gasteiger charge is 2.66. The van der Waals surface area contributed by atoms with Gasteiger partial charge in [0.2, 0.25) is 0 Å². The van der Waals surface area contributed by atoms with Crippen molar-refractivity contribution in [2.75, 3.05) is 7.11 Å². The van der Waals surface area contributed by atoms with Crippen molar-refractivity contribution in [3.63, 3.8) is 0 Å². The van der Waals surface area contributed by atoms with E-state index in [2.05, 4.69) is 38.7 Å². The van der Waals surface area contributed by atoms with E-state index in [4.69, 9.17) is 4.74 Å². The number of allylic oxidation sites excluding steroid dienone is 2. The van der Waals surface area contributed by atoms with Gasteiger partial charge >= 0.3 is 0 Å². The first kappa shape index (κ1) is 23.3. The molecule has 8 atom stereocenters. The van der Waals surface area contributed by atoms with E-state index in [0.717, 1.165) is 18.4 Å². The van der Waals surface area contributed by atoms with Crippen LogP contribution in [-0.2, 0) is 4.74 Å². The second kappa shape index (κ2) is 8.15. The zero-order valence-corrected chi connectivity index (χ0v) is 20.4. The van der Waals surface area contributed by atoms with Crippen LogP contribution in [0.4, 0.5) is 0 Å². The van der Waals surface area contributed by atoms with Gasteiger partial charge in [0.15, 0.2) is 0 Å². The topological polar surface area (TPSA) is 49.7 Å². The number of ether oxygens (including phenoxy) is 1. The molecule has 0 spiro atoms. The lowest BCUT2D eigenvalue weighted by atomic mass is 9.61. The van der Waals surface area contributed by atoms with Crippen molar-refractivity contribution in [2.45, 2.75) is 96.9 Å². The molecule has 0 aliphatic heterocycles. The van der Waals surface area contributed by atoms with Crippen LogP contribution in [0.1, 0.15) is 79.1 Å². The predicted octanol–water partition coefficient (Wildman–Crippen LogP) is 5.82. The summed E-state index contributed by atoms with van der Waals surface area (Å²) >= 11 is 0. The van der Waals surface area contributed by atoms with Gasteiger partial charge in [-0.25, -0.2) is 0 Å². The van der Waals surface area contributed by atoms with E-state index >= 15 is 0 Å². The Labute approximate surface area is 189 Å². The minimum Gasteiger partial charge on any atom is -0.390 e. The summed E-state index contributed by atoms with van der Waals surface area (Å²) in [6.07, 6.45) is 15.7. The maximum Gasteiger partial charge on any atom is 0.0851 e. The number of fused-ring (bicyclic) bond motifs is 2. The van der Waals surface area contributed by atoms with Gasteiger partial charge in [0, 0.05) is 12.5 Å². The molecule has 0 aromatic carbocycles. The molecular weight excluding hydrogens is 384 g/mol. The molecule has 3 nitrogen and oxygen atoms in total. The number of methoxy groups -OCH3 is 1. The molecule has 174 valence electrons. The average Bonchev–Trinajstić information content (AvgIpc) is 3.19. The van der Waals surface area contributed by atoms with Gasteiger partial charge in [-0.05, 0) is 99.9 Å². The molecule has 4 saturated carbocycles. The second-order valence-corrected chi connectivity index (χ2v) is 12.0. The Kier molecular flexibility index (Phi) is 6.12. The molecule has 0 heterocycles. The van der Waals surface area contributed by atoms with E-state index in [1.54, 1.807) is 5.57 Å². The van der Waals surface area contributed by atoms with Crippen LogP contribution in [0.25, 0.3) is 0 Å². The van der Waals surface area contributed by atoms with Crippen molar-refractivity contribution >= 4 is 0 Å². The van der Waals surface area contributed by atoms with Crippen molar-refractivity contribution in [2.24, 2.45) is 34.5 Å². The Morgan fingerprint density at radius 1 is 1.32 bits per heavy atom. The molecule has 0 radical (unpaired) electrons. The third-order valence-corrected chi connectivity index (χ3v) is 9.52. The summed E-state index contributed by atoms with van der Waals surface area (Å²) in [6.45, 7) is 12.9. The molecule has 3 heteroatoms. The summed E-state index contributed by atoms with van der Waals surface area (Å²) in [5.41, 5.74) is 2.31. The van der Waals surface area contributed by atoms with Gasteiger partial charge in [0.1, 0.15) is 0 Å². The maximum atomic E-state index is 10.3. The molecule has 4 rings (SSSR count). The van der Waals surface area contributed by atoms with E-state index in [1.807, 2.05) is 21.0 Å². The molecule has 2 N–H and O–H groups in total. The van der Waals surface area contributed by atoms with Crippen LogP contribution in [0.2, 0.25) is 0 Å². The molecule has 4 fully saturated rings. The summed E-state index contributed by atoms with van der Waals surface area (Å²) in [5, 5.41) is 20.4. The number of aliphatic hydroxyl groups is 2. The van der Waals surface area contributed by atoms with Gasteiger partial charge in [0.25, 0.3) is 0 Å². The molecule has 0 aromatic rings. The highest BCUT2D eigenvalue weighted by atomic mass is 16.5. The lowest BCUT2D eigenvalue weighted by molar-refractivity contribution is 0.0793. The van der Waals surface area contributed by atoms with Crippen LogP contribution in [0.15, 0.2) is 36.0 Å². The third-order valence-electron chi connectivity index (χ3n) is 9.52. The third kappa shape index (κ3) is 4.00. The Morgan fingerprint density at radius 2 is 2.06 bits per heavy atom. The van der Waals surface area contributed by atoms with Crippen LogP contribution < -0.4 is 0 Å². The van der Waals surface area contributed by atoms with Crippen molar-refractivity contribution in [3.05, 3.63) is 36.0 Å². The van der Waals surface area contributed by atoms with Crippen LogP contribution in [0.3, 0.4) is 0 Å². The van der Waals surface area contributed by atoms with Gasteiger partial charge in [-0.1, -0.05) is 44.2 Å². The quantitative estimate of drug-likeness (QED) is 0.502. The standard InChI is InChI=1S/C28H44O3/c1-18(9-7-13-26(3,4)30)22-11-12-23-20(10-8-14-27(22,23)5)15-25(31-6)28-17-21(28)16-24(29)19(28)2/h7,9,15,18,21-25,29-30H,2,8,10-14,16-17H2,1,3-6H3/b9-7+,20-15+/t18-,21-,22-,23+,24+,25-,27-,28+/m1/s1. The smallest absolute Gasteiger partial charge is 0.0851 e. The van der Waals surface area contributed by atoms with Crippen molar-refractivity contribution < 1.29 is 14.9 Å². The van der Waals surface area contributed by atoms with E-state index < -0.39 is 5.60 Å². The van der Waals surface area contributed by atoms with Crippen molar-refractivity contribution in [1.82, 2.24) is 0 Å². The van der Waals surface area contributed by atoms with Gasteiger partial charge in [-0.15, -0.1) is 0 Å². The minimum atomic E-state index is -0.633. The van der Waals surface area contributed by atoms with Gasteiger partial charge in [-0.3, -0.25) is 0 Å². The SMILES string of the molecule is C=C1[C@@H](O)C[C@@H]2C[C@]12[C@@H](/C=C1\CCC[C@]2(C)[C@@H]([C@H](C)/C=C/CC(C)(C)O)CC[C@@H]12)OC. The van der Waals surface area contributed by atoms with Crippen LogP contribution >= 0.6 is 0 Å². The summed E-state index contributed by atoms with van der Waals surface area (Å²) in [5.74, 6) is 2.41. The highest BCUT2D eigenvalue weighted by molar-refractivity contribution is 5.38. The molecule has 0 aromatic heterocycles. The Bertz CT molecular complexity index is 759. The Hall–Kier alpha value is -0.900. The van der Waals surface area contributed by atoms with Crippen molar-refractivity contribution in [3.8, 4) is 0 Å². The van der Waals surface area contributed by atoms with E-state index in [9.17, 15) is 10.2 Å². The minimum absolute atomic E-state index is 0.0137. The molecule has 31 heavy (non-hydrogen) atoms. The van der Waals surface area contributed by atoms with Crippen LogP contribution in [0.5, 0.6) is 0 Å². The van der Waals surface area contributed by atoms with Crippen molar-refractivity contribution in [1.29, 1.82) is 0 Å². The van der Waals surface area contributed by atoms with E-state index in [-0.39, 0.29) is 17.6 Å². The van der Waals surface area contributed by atoms with Crippen LogP contribution in [0, 0.1) is 34.5 Å². The summed E-state index contributed by atoms with van der Waals surface area (Å²) in [4.78, 5) is 0. The van der Waals surface area contributed by atoms with Gasteiger partial charge in [-0.2, -0.15) is 0 Å². The fourth-order valence-electron chi connectivity index (χ4n) is 7.76. The first-order valence-electron chi connectivity index (χ1n) is 12.5. The molecular formula is C28H44O3. The fourth-order valence-corrected chi connectivity index (χ4v) is 7.76.